The molecule has 0 spiro atoms. The quantitative estimate of drug-likeness (QED) is 0.203. The fourth-order valence-electron chi connectivity index (χ4n) is 4.58. The number of carbonyl (C=O) groups excluding carboxylic acids is 1. The molecule has 1 fully saturated rings. The molecule has 4 rings (SSSR count). The van der Waals surface area contributed by atoms with Crippen LogP contribution >= 0.6 is 24.0 Å². The number of carbonyl (C=O) groups is 1. The molecule has 0 aromatic heterocycles. The summed E-state index contributed by atoms with van der Waals surface area (Å²) >= 11 is 0. The topological polar surface area (TPSA) is 60.0 Å². The number of guanidine groups is 1. The molecule has 0 aliphatic carbocycles. The molecule has 1 amide bonds. The van der Waals surface area contributed by atoms with E-state index in [9.17, 15) is 4.79 Å². The summed E-state index contributed by atoms with van der Waals surface area (Å²) in [5.41, 5.74) is 5.13. The van der Waals surface area contributed by atoms with Crippen LogP contribution in [0, 0.1) is 0 Å². The first-order valence-corrected chi connectivity index (χ1v) is 12.4. The lowest BCUT2D eigenvalue weighted by Crippen LogP contribution is -2.38. The Kier molecular flexibility index (Phi) is 10.7. The molecule has 2 N–H and O–H groups in total. The molecule has 184 valence electrons. The molecule has 0 radical (unpaired) electrons. The summed E-state index contributed by atoms with van der Waals surface area (Å²) in [6, 6.07) is 17.1. The van der Waals surface area contributed by atoms with Crippen molar-refractivity contribution >= 4 is 35.8 Å². The number of halogens is 1. The first kappa shape index (κ1) is 26.5. The molecule has 0 saturated carbocycles. The zero-order chi connectivity index (χ0) is 22.9. The van der Waals surface area contributed by atoms with E-state index >= 15 is 0 Å². The summed E-state index contributed by atoms with van der Waals surface area (Å²) in [5, 5.41) is 6.68. The predicted octanol–water partition coefficient (Wildman–Crippen LogP) is 4.28. The molecule has 2 heterocycles. The predicted molar refractivity (Wildman–Crippen MR) is 149 cm³/mol. The first-order chi connectivity index (χ1) is 16.2. The monoisotopic (exact) mass is 575 g/mol. The van der Waals surface area contributed by atoms with Crippen molar-refractivity contribution < 1.29 is 4.79 Å². The van der Waals surface area contributed by atoms with Crippen molar-refractivity contribution in [2.24, 2.45) is 4.99 Å². The zero-order valence-electron chi connectivity index (χ0n) is 20.3. The van der Waals surface area contributed by atoms with Gasteiger partial charge in [-0.05, 0) is 61.5 Å². The van der Waals surface area contributed by atoms with E-state index in [1.165, 1.54) is 48.2 Å². The minimum Gasteiger partial charge on any atom is -0.357 e. The zero-order valence-corrected chi connectivity index (χ0v) is 22.6. The number of hydrogen-bond acceptors (Lipinski definition) is 3. The van der Waals surface area contributed by atoms with Crippen LogP contribution in [0.1, 0.15) is 54.9 Å². The Morgan fingerprint density at radius 1 is 0.941 bits per heavy atom. The molecule has 2 aromatic rings. The molecule has 2 aliphatic heterocycles. The van der Waals surface area contributed by atoms with Crippen LogP contribution in [0.3, 0.4) is 0 Å². The van der Waals surface area contributed by atoms with Crippen LogP contribution < -0.4 is 10.6 Å². The molecule has 0 atom stereocenters. The van der Waals surface area contributed by atoms with Gasteiger partial charge in [0.25, 0.3) is 0 Å². The lowest BCUT2D eigenvalue weighted by molar-refractivity contribution is -0.131. The number of aliphatic imine (C=N–C) groups is 1. The molecule has 7 heteroatoms. The van der Waals surface area contributed by atoms with Gasteiger partial charge in [-0.25, -0.2) is 4.99 Å². The standard InChI is InChI=1S/C27H37N5O.HI/c1-2-28-27(30-18-22-11-13-23(14-12-22)19-31-16-5-6-17-31)29-15-7-10-26(33)32-20-24-8-3-4-9-25(24)21-32;/h3-4,8-9,11-14H,2,5-7,10,15-21H2,1H3,(H2,28,29,30);1H. The maximum absolute atomic E-state index is 12.6. The van der Waals surface area contributed by atoms with Crippen LogP contribution in [0.5, 0.6) is 0 Å². The summed E-state index contributed by atoms with van der Waals surface area (Å²) in [7, 11) is 0. The molecule has 0 bridgehead atoms. The highest BCUT2D eigenvalue weighted by atomic mass is 127. The third-order valence-corrected chi connectivity index (χ3v) is 6.45. The fourth-order valence-corrected chi connectivity index (χ4v) is 4.58. The fraction of sp³-hybridized carbons (Fsp3) is 0.481. The van der Waals surface area contributed by atoms with Gasteiger partial charge in [-0.2, -0.15) is 0 Å². The normalized spacial score (nSPS) is 15.7. The number of amides is 1. The molecule has 6 nitrogen and oxygen atoms in total. The van der Waals surface area contributed by atoms with Crippen LogP contribution in [0.25, 0.3) is 0 Å². The van der Waals surface area contributed by atoms with Crippen LogP contribution in [0.15, 0.2) is 53.5 Å². The van der Waals surface area contributed by atoms with Gasteiger partial charge in [0.2, 0.25) is 5.91 Å². The number of hydrogen-bond donors (Lipinski definition) is 2. The summed E-state index contributed by atoms with van der Waals surface area (Å²) < 4.78 is 0. The number of fused-ring (bicyclic) bond motifs is 1. The summed E-state index contributed by atoms with van der Waals surface area (Å²) in [5.74, 6) is 1.03. The second kappa shape index (κ2) is 13.7. The highest BCUT2D eigenvalue weighted by molar-refractivity contribution is 14.0. The molecule has 34 heavy (non-hydrogen) atoms. The van der Waals surface area contributed by atoms with Crippen LogP contribution in [-0.2, 0) is 31.0 Å². The van der Waals surface area contributed by atoms with Gasteiger partial charge >= 0.3 is 0 Å². The first-order valence-electron chi connectivity index (χ1n) is 12.4. The molecule has 2 aromatic carbocycles. The Morgan fingerprint density at radius 3 is 2.24 bits per heavy atom. The molecular weight excluding hydrogens is 537 g/mol. The Morgan fingerprint density at radius 2 is 1.59 bits per heavy atom. The van der Waals surface area contributed by atoms with Crippen molar-refractivity contribution in [3.05, 3.63) is 70.8 Å². The SMILES string of the molecule is CCNC(=NCc1ccc(CN2CCCC2)cc1)NCCCC(=O)N1Cc2ccccc2C1.I. The summed E-state index contributed by atoms with van der Waals surface area (Å²) in [6.45, 7) is 9.23. The Bertz CT molecular complexity index is 915. The van der Waals surface area contributed by atoms with Crippen LogP contribution in [0.2, 0.25) is 0 Å². The average molecular weight is 576 g/mol. The number of nitrogens with zero attached hydrogens (tertiary/aromatic N) is 3. The highest BCUT2D eigenvalue weighted by Crippen LogP contribution is 2.22. The average Bonchev–Trinajstić information content (AvgIpc) is 3.51. The maximum Gasteiger partial charge on any atom is 0.223 e. The third kappa shape index (κ3) is 7.70. The third-order valence-electron chi connectivity index (χ3n) is 6.45. The maximum atomic E-state index is 12.6. The second-order valence-corrected chi connectivity index (χ2v) is 9.04. The van der Waals surface area contributed by atoms with Crippen molar-refractivity contribution in [1.82, 2.24) is 20.4 Å². The van der Waals surface area contributed by atoms with E-state index in [-0.39, 0.29) is 29.9 Å². The lowest BCUT2D eigenvalue weighted by atomic mass is 10.1. The van der Waals surface area contributed by atoms with Crippen molar-refractivity contribution in [2.45, 2.75) is 58.8 Å². The molecule has 2 aliphatic rings. The van der Waals surface area contributed by atoms with E-state index in [1.54, 1.807) is 0 Å². The van der Waals surface area contributed by atoms with Crippen molar-refractivity contribution in [1.29, 1.82) is 0 Å². The van der Waals surface area contributed by atoms with E-state index in [1.807, 2.05) is 17.0 Å². The second-order valence-electron chi connectivity index (χ2n) is 9.04. The smallest absolute Gasteiger partial charge is 0.223 e. The molecular formula is C27H38IN5O. The van der Waals surface area contributed by atoms with E-state index in [0.717, 1.165) is 45.1 Å². The van der Waals surface area contributed by atoms with Gasteiger partial charge in [0.15, 0.2) is 5.96 Å². The van der Waals surface area contributed by atoms with E-state index in [4.69, 9.17) is 4.99 Å². The number of nitrogens with one attached hydrogen (secondary N) is 2. The highest BCUT2D eigenvalue weighted by Gasteiger charge is 2.22. The van der Waals surface area contributed by atoms with Crippen molar-refractivity contribution in [2.75, 3.05) is 26.2 Å². The summed E-state index contributed by atoms with van der Waals surface area (Å²) in [4.78, 5) is 21.8. The van der Waals surface area contributed by atoms with Gasteiger partial charge in [0.05, 0.1) is 6.54 Å². The summed E-state index contributed by atoms with van der Waals surface area (Å²) in [6.07, 6.45) is 4.00. The van der Waals surface area contributed by atoms with Crippen LogP contribution in [-0.4, -0.2) is 47.8 Å². The minimum atomic E-state index is 0. The Balaban J connectivity index is 0.00000324. The van der Waals surface area contributed by atoms with Gasteiger partial charge in [-0.1, -0.05) is 48.5 Å². The van der Waals surface area contributed by atoms with Gasteiger partial charge in [0, 0.05) is 39.1 Å². The van der Waals surface area contributed by atoms with Crippen molar-refractivity contribution in [3.63, 3.8) is 0 Å². The number of likely N-dealkylation sites (tertiary alicyclic amines) is 1. The van der Waals surface area contributed by atoms with E-state index in [0.29, 0.717) is 13.0 Å². The molecule has 0 unspecified atom stereocenters. The molecule has 1 saturated heterocycles. The Labute approximate surface area is 221 Å². The largest absolute Gasteiger partial charge is 0.357 e. The minimum absolute atomic E-state index is 0. The van der Waals surface area contributed by atoms with E-state index < -0.39 is 0 Å². The van der Waals surface area contributed by atoms with E-state index in [2.05, 4.69) is 58.9 Å². The van der Waals surface area contributed by atoms with Gasteiger partial charge in [-0.3, -0.25) is 9.69 Å². The number of benzene rings is 2. The van der Waals surface area contributed by atoms with Gasteiger partial charge in [0.1, 0.15) is 0 Å². The van der Waals surface area contributed by atoms with Gasteiger partial charge in [-0.15, -0.1) is 24.0 Å². The number of rotatable bonds is 9. The lowest BCUT2D eigenvalue weighted by Gasteiger charge is -2.16. The Hall–Kier alpha value is -2.13. The van der Waals surface area contributed by atoms with Gasteiger partial charge < -0.3 is 15.5 Å². The van der Waals surface area contributed by atoms with Crippen LogP contribution in [0.4, 0.5) is 0 Å². The van der Waals surface area contributed by atoms with Crippen molar-refractivity contribution in [3.8, 4) is 0 Å².